The molecule has 4 aromatic rings. The molecule has 0 unspecified atom stereocenters. The molecule has 0 aliphatic heterocycles. The standard InChI is InChI=1S/C27H26N4O3/c1-3-16-30(27(33)34)25-6-4-5-22(19(25)2)18-24-26(32)13-17-31(29-24)23-9-7-20(8-10-23)21-11-14-28-15-12-21/h4-15,17H,3,16,18H2,1-2H3,(H,33,34). The summed E-state index contributed by atoms with van der Waals surface area (Å²) in [7, 11) is 0. The predicted molar refractivity (Wildman–Crippen MR) is 133 cm³/mol. The molecule has 2 aromatic carbocycles. The average molecular weight is 455 g/mol. The predicted octanol–water partition coefficient (Wildman–Crippen LogP) is 5.09. The molecule has 0 aliphatic rings. The molecule has 7 nitrogen and oxygen atoms in total. The van der Waals surface area contributed by atoms with Gasteiger partial charge in [0, 0.05) is 37.6 Å². The van der Waals surface area contributed by atoms with Crippen molar-refractivity contribution in [3.63, 3.8) is 0 Å². The van der Waals surface area contributed by atoms with Crippen molar-refractivity contribution >= 4 is 11.8 Å². The van der Waals surface area contributed by atoms with Crippen molar-refractivity contribution in [1.82, 2.24) is 14.8 Å². The molecule has 1 amide bonds. The van der Waals surface area contributed by atoms with Crippen molar-refractivity contribution < 1.29 is 9.90 Å². The van der Waals surface area contributed by atoms with E-state index in [1.807, 2.05) is 62.4 Å². The van der Waals surface area contributed by atoms with Crippen molar-refractivity contribution in [1.29, 1.82) is 0 Å². The minimum Gasteiger partial charge on any atom is -0.465 e. The fraction of sp³-hybridized carbons (Fsp3) is 0.185. The summed E-state index contributed by atoms with van der Waals surface area (Å²) >= 11 is 0. The van der Waals surface area contributed by atoms with Crippen molar-refractivity contribution in [2.75, 3.05) is 11.4 Å². The molecule has 0 radical (unpaired) electrons. The van der Waals surface area contributed by atoms with Crippen molar-refractivity contribution in [3.8, 4) is 16.8 Å². The highest BCUT2D eigenvalue weighted by molar-refractivity contribution is 5.87. The van der Waals surface area contributed by atoms with Crippen LogP contribution in [0.5, 0.6) is 0 Å². The number of rotatable bonds is 7. The van der Waals surface area contributed by atoms with Crippen LogP contribution in [0, 0.1) is 6.92 Å². The van der Waals surface area contributed by atoms with Gasteiger partial charge in [-0.05, 0) is 65.9 Å². The van der Waals surface area contributed by atoms with Crippen LogP contribution in [0.1, 0.15) is 30.2 Å². The molecule has 0 spiro atoms. The first-order valence-electron chi connectivity index (χ1n) is 11.2. The fourth-order valence-corrected chi connectivity index (χ4v) is 3.94. The summed E-state index contributed by atoms with van der Waals surface area (Å²) in [5, 5.41) is 14.2. The third-order valence-electron chi connectivity index (χ3n) is 5.77. The Morgan fingerprint density at radius 3 is 2.38 bits per heavy atom. The summed E-state index contributed by atoms with van der Waals surface area (Å²) in [6, 6.07) is 18.9. The van der Waals surface area contributed by atoms with Gasteiger partial charge in [0.25, 0.3) is 0 Å². The van der Waals surface area contributed by atoms with E-state index in [0.717, 1.165) is 27.9 Å². The number of nitrogens with zero attached hydrogens (tertiary/aromatic N) is 4. The SMILES string of the molecule is CCCN(C(=O)O)c1cccc(Cc2nn(-c3ccc(-c4ccncc4)cc3)ccc2=O)c1C. The number of benzene rings is 2. The molecule has 34 heavy (non-hydrogen) atoms. The second-order valence-electron chi connectivity index (χ2n) is 8.03. The second kappa shape index (κ2) is 10.1. The van der Waals surface area contributed by atoms with Gasteiger partial charge in [-0.3, -0.25) is 14.7 Å². The molecule has 0 fully saturated rings. The maximum atomic E-state index is 12.6. The molecular formula is C27H26N4O3. The largest absolute Gasteiger partial charge is 0.465 e. The Bertz CT molecular complexity index is 1350. The third kappa shape index (κ3) is 4.88. The van der Waals surface area contributed by atoms with E-state index < -0.39 is 6.09 Å². The van der Waals surface area contributed by atoms with Crippen LogP contribution in [0.4, 0.5) is 10.5 Å². The summed E-state index contributed by atoms with van der Waals surface area (Å²) in [5.74, 6) is 0. The van der Waals surface area contributed by atoms with Crippen LogP contribution in [0.15, 0.2) is 84.0 Å². The van der Waals surface area contributed by atoms with Gasteiger partial charge in [-0.1, -0.05) is 31.2 Å². The minimum absolute atomic E-state index is 0.155. The van der Waals surface area contributed by atoms with Crippen molar-refractivity contribution in [3.05, 3.63) is 106 Å². The smallest absolute Gasteiger partial charge is 0.411 e. The minimum atomic E-state index is -0.988. The number of carboxylic acid groups (broad SMARTS) is 1. The number of pyridine rings is 1. The van der Waals surface area contributed by atoms with Crippen LogP contribution < -0.4 is 10.3 Å². The number of aromatic nitrogens is 3. The van der Waals surface area contributed by atoms with Gasteiger partial charge in [-0.15, -0.1) is 0 Å². The van der Waals surface area contributed by atoms with Gasteiger partial charge in [0.1, 0.15) is 5.69 Å². The maximum absolute atomic E-state index is 12.6. The molecule has 7 heteroatoms. The number of hydrogen-bond acceptors (Lipinski definition) is 4. The highest BCUT2D eigenvalue weighted by atomic mass is 16.4. The zero-order valence-electron chi connectivity index (χ0n) is 19.2. The van der Waals surface area contributed by atoms with Gasteiger partial charge in [-0.25, -0.2) is 9.48 Å². The average Bonchev–Trinajstić information content (AvgIpc) is 2.86. The van der Waals surface area contributed by atoms with Gasteiger partial charge in [0.05, 0.1) is 11.4 Å². The summed E-state index contributed by atoms with van der Waals surface area (Å²) in [6.07, 6.45) is 5.21. The van der Waals surface area contributed by atoms with Crippen LogP contribution in [-0.2, 0) is 6.42 Å². The number of amides is 1. The first-order chi connectivity index (χ1) is 16.5. The molecule has 0 aliphatic carbocycles. The third-order valence-corrected chi connectivity index (χ3v) is 5.77. The second-order valence-corrected chi connectivity index (χ2v) is 8.03. The number of carbonyl (C=O) groups is 1. The monoisotopic (exact) mass is 454 g/mol. The van der Waals surface area contributed by atoms with E-state index in [-0.39, 0.29) is 5.43 Å². The lowest BCUT2D eigenvalue weighted by Gasteiger charge is -2.22. The summed E-state index contributed by atoms with van der Waals surface area (Å²) in [6.45, 7) is 4.23. The van der Waals surface area contributed by atoms with E-state index in [2.05, 4.69) is 10.1 Å². The molecule has 172 valence electrons. The highest BCUT2D eigenvalue weighted by Gasteiger charge is 2.18. The molecule has 4 rings (SSSR count). The van der Waals surface area contributed by atoms with Crippen LogP contribution >= 0.6 is 0 Å². The normalized spacial score (nSPS) is 10.8. The van der Waals surface area contributed by atoms with Crippen LogP contribution in [0.25, 0.3) is 16.8 Å². The molecule has 0 bridgehead atoms. The molecule has 0 saturated carbocycles. The molecule has 2 aromatic heterocycles. The number of anilines is 1. The molecule has 0 atom stereocenters. The van der Waals surface area contributed by atoms with Gasteiger partial charge < -0.3 is 5.11 Å². The molecule has 1 N–H and O–H groups in total. The Hall–Kier alpha value is -4.26. The summed E-state index contributed by atoms with van der Waals surface area (Å²) < 4.78 is 1.69. The Balaban J connectivity index is 1.63. The Labute approximate surface area is 198 Å². The van der Waals surface area contributed by atoms with E-state index in [4.69, 9.17) is 0 Å². The van der Waals surface area contributed by atoms with E-state index in [0.29, 0.717) is 30.8 Å². The molecule has 2 heterocycles. The van der Waals surface area contributed by atoms with Gasteiger partial charge in [0.15, 0.2) is 0 Å². The fourth-order valence-electron chi connectivity index (χ4n) is 3.94. The van der Waals surface area contributed by atoms with Gasteiger partial charge in [0.2, 0.25) is 5.43 Å². The summed E-state index contributed by atoms with van der Waals surface area (Å²) in [5.41, 5.74) is 5.56. The highest BCUT2D eigenvalue weighted by Crippen LogP contribution is 2.25. The Morgan fingerprint density at radius 2 is 1.71 bits per heavy atom. The van der Waals surface area contributed by atoms with E-state index in [1.54, 1.807) is 29.3 Å². The Kier molecular flexibility index (Phi) is 6.82. The molecular weight excluding hydrogens is 428 g/mol. The van der Waals surface area contributed by atoms with Crippen molar-refractivity contribution in [2.24, 2.45) is 0 Å². The van der Waals surface area contributed by atoms with Crippen molar-refractivity contribution in [2.45, 2.75) is 26.7 Å². The Morgan fingerprint density at radius 1 is 1.00 bits per heavy atom. The first kappa shape index (κ1) is 22.9. The van der Waals surface area contributed by atoms with E-state index in [9.17, 15) is 14.7 Å². The first-order valence-corrected chi connectivity index (χ1v) is 11.2. The van der Waals surface area contributed by atoms with E-state index in [1.165, 1.54) is 11.0 Å². The zero-order chi connectivity index (χ0) is 24.1. The lowest BCUT2D eigenvalue weighted by atomic mass is 10.0. The van der Waals surface area contributed by atoms with Gasteiger partial charge in [-0.2, -0.15) is 5.10 Å². The molecule has 0 saturated heterocycles. The van der Waals surface area contributed by atoms with Crippen LogP contribution in [0.2, 0.25) is 0 Å². The lowest BCUT2D eigenvalue weighted by Crippen LogP contribution is -2.30. The zero-order valence-corrected chi connectivity index (χ0v) is 19.2. The summed E-state index contributed by atoms with van der Waals surface area (Å²) in [4.78, 5) is 29.7. The lowest BCUT2D eigenvalue weighted by molar-refractivity contribution is 0.201. The van der Waals surface area contributed by atoms with Gasteiger partial charge >= 0.3 is 6.09 Å². The maximum Gasteiger partial charge on any atom is 0.411 e. The van der Waals surface area contributed by atoms with E-state index >= 15 is 0 Å². The number of hydrogen-bond donors (Lipinski definition) is 1. The van der Waals surface area contributed by atoms with Crippen LogP contribution in [-0.4, -0.2) is 32.5 Å². The topological polar surface area (TPSA) is 88.3 Å². The van der Waals surface area contributed by atoms with Crippen LogP contribution in [0.3, 0.4) is 0 Å². The quantitative estimate of drug-likeness (QED) is 0.420.